The van der Waals surface area contributed by atoms with Crippen molar-refractivity contribution in [2.45, 2.75) is 44.4 Å². The van der Waals surface area contributed by atoms with E-state index in [1.807, 2.05) is 18.2 Å². The summed E-state index contributed by atoms with van der Waals surface area (Å²) in [5.74, 6) is -2.95. The maximum absolute atomic E-state index is 12.9. The molecule has 3 N–H and O–H groups in total. The highest BCUT2D eigenvalue weighted by molar-refractivity contribution is 6.00. The summed E-state index contributed by atoms with van der Waals surface area (Å²) in [7, 11) is 0. The largest absolute Gasteiger partial charge is 0.480 e. The number of aryl methyl sites for hydroxylation is 1. The van der Waals surface area contributed by atoms with E-state index in [9.17, 15) is 29.4 Å². The fourth-order valence-corrected chi connectivity index (χ4v) is 3.64. The number of carboxylic acids is 2. The van der Waals surface area contributed by atoms with Crippen molar-refractivity contribution >= 4 is 29.6 Å². The summed E-state index contributed by atoms with van der Waals surface area (Å²) in [6, 6.07) is 13.6. The van der Waals surface area contributed by atoms with Crippen molar-refractivity contribution in [3.05, 3.63) is 65.7 Å². The van der Waals surface area contributed by atoms with Gasteiger partial charge in [-0.25, -0.2) is 14.4 Å². The minimum Gasteiger partial charge on any atom is -0.480 e. The number of alkyl carbamates (subject to hydrolysis) is 1. The third-order valence-corrected chi connectivity index (χ3v) is 5.25. The Morgan fingerprint density at radius 2 is 1.72 bits per heavy atom. The molecule has 32 heavy (non-hydrogen) atoms. The van der Waals surface area contributed by atoms with Crippen LogP contribution in [0.4, 0.5) is 10.5 Å². The molecular formula is C23H24N2O7. The van der Waals surface area contributed by atoms with Gasteiger partial charge in [0.05, 0.1) is 0 Å². The van der Waals surface area contributed by atoms with Gasteiger partial charge in [0.15, 0.2) is 0 Å². The first-order chi connectivity index (χ1) is 15.4. The molecule has 0 spiro atoms. The molecule has 2 aromatic carbocycles. The Hall–Kier alpha value is -3.88. The lowest BCUT2D eigenvalue weighted by Gasteiger charge is -2.35. The second-order valence-electron chi connectivity index (χ2n) is 7.42. The molecule has 0 saturated heterocycles. The maximum Gasteiger partial charge on any atom is 0.408 e. The third kappa shape index (κ3) is 5.63. The van der Waals surface area contributed by atoms with Crippen LogP contribution in [-0.2, 0) is 32.1 Å². The smallest absolute Gasteiger partial charge is 0.408 e. The fourth-order valence-electron chi connectivity index (χ4n) is 3.64. The van der Waals surface area contributed by atoms with Crippen LogP contribution < -0.4 is 10.2 Å². The van der Waals surface area contributed by atoms with Crippen LogP contribution >= 0.6 is 0 Å². The number of nitrogens with zero attached hydrogens (tertiary/aromatic N) is 1. The van der Waals surface area contributed by atoms with Gasteiger partial charge in [-0.15, -0.1) is 0 Å². The number of benzene rings is 2. The minimum absolute atomic E-state index is 0.0250. The van der Waals surface area contributed by atoms with Gasteiger partial charge in [0.2, 0.25) is 5.91 Å². The van der Waals surface area contributed by atoms with Gasteiger partial charge in [0, 0.05) is 12.1 Å². The fraction of sp³-hybridized carbons (Fsp3) is 0.304. The van der Waals surface area contributed by atoms with Gasteiger partial charge in [-0.05, 0) is 36.5 Å². The summed E-state index contributed by atoms with van der Waals surface area (Å²) in [5, 5.41) is 21.2. The molecule has 1 aliphatic heterocycles. The van der Waals surface area contributed by atoms with Crippen molar-refractivity contribution in [2.24, 2.45) is 0 Å². The first-order valence-electron chi connectivity index (χ1n) is 10.2. The number of carbonyl (C=O) groups is 4. The summed E-state index contributed by atoms with van der Waals surface area (Å²) in [6.45, 7) is -0.0250. The van der Waals surface area contributed by atoms with Crippen molar-refractivity contribution in [2.75, 3.05) is 4.90 Å². The number of anilines is 1. The van der Waals surface area contributed by atoms with Crippen molar-refractivity contribution in [1.82, 2.24) is 5.32 Å². The van der Waals surface area contributed by atoms with Crippen LogP contribution in [-0.4, -0.2) is 46.2 Å². The molecule has 2 amide bonds. The molecule has 1 aliphatic rings. The van der Waals surface area contributed by atoms with E-state index in [4.69, 9.17) is 4.74 Å². The molecule has 3 rings (SSSR count). The Morgan fingerprint density at radius 1 is 1.03 bits per heavy atom. The van der Waals surface area contributed by atoms with Crippen LogP contribution in [0.1, 0.15) is 30.4 Å². The number of fused-ring (bicyclic) bond motifs is 1. The van der Waals surface area contributed by atoms with E-state index >= 15 is 0 Å². The Bertz CT molecular complexity index is 993. The molecule has 1 unspecified atom stereocenters. The number of ether oxygens (including phenoxy) is 1. The van der Waals surface area contributed by atoms with Gasteiger partial charge in [0.1, 0.15) is 18.7 Å². The Kier molecular flexibility index (Phi) is 7.43. The zero-order chi connectivity index (χ0) is 23.1. The first-order valence-corrected chi connectivity index (χ1v) is 10.2. The monoisotopic (exact) mass is 440 g/mol. The van der Waals surface area contributed by atoms with Crippen molar-refractivity contribution in [1.29, 1.82) is 0 Å². The molecular weight excluding hydrogens is 416 g/mol. The third-order valence-electron chi connectivity index (χ3n) is 5.25. The quantitative estimate of drug-likeness (QED) is 0.574. The van der Waals surface area contributed by atoms with Gasteiger partial charge >= 0.3 is 18.0 Å². The number of hydrogen-bond acceptors (Lipinski definition) is 5. The molecule has 0 fully saturated rings. The SMILES string of the molecule is O=C(N[C@H](CCC(=O)N1c2ccccc2CCC1C(=O)O)C(=O)O)OCc1ccccc1. The highest BCUT2D eigenvalue weighted by atomic mass is 16.5. The normalized spacial score (nSPS) is 15.9. The lowest BCUT2D eigenvalue weighted by molar-refractivity contribution is -0.141. The number of carbonyl (C=O) groups excluding carboxylic acids is 2. The van der Waals surface area contributed by atoms with E-state index < -0.39 is 36.0 Å². The van der Waals surface area contributed by atoms with E-state index in [0.717, 1.165) is 11.1 Å². The zero-order valence-corrected chi connectivity index (χ0v) is 17.3. The van der Waals surface area contributed by atoms with Gasteiger partial charge in [-0.1, -0.05) is 48.5 Å². The molecule has 168 valence electrons. The molecule has 0 radical (unpaired) electrons. The second kappa shape index (κ2) is 10.4. The Balaban J connectivity index is 1.62. The number of rotatable bonds is 8. The van der Waals surface area contributed by atoms with Crippen LogP contribution in [0.5, 0.6) is 0 Å². The van der Waals surface area contributed by atoms with Crippen LogP contribution in [0.15, 0.2) is 54.6 Å². The predicted octanol–water partition coefficient (Wildman–Crippen LogP) is 2.58. The average molecular weight is 440 g/mol. The average Bonchev–Trinajstić information content (AvgIpc) is 2.79. The lowest BCUT2D eigenvalue weighted by Crippen LogP contribution is -2.49. The summed E-state index contributed by atoms with van der Waals surface area (Å²) in [5.41, 5.74) is 2.11. The van der Waals surface area contributed by atoms with Crippen LogP contribution in [0.2, 0.25) is 0 Å². The van der Waals surface area contributed by atoms with E-state index in [0.29, 0.717) is 12.1 Å². The highest BCUT2D eigenvalue weighted by Gasteiger charge is 2.35. The molecule has 1 heterocycles. The van der Waals surface area contributed by atoms with Gasteiger partial charge < -0.3 is 20.3 Å². The van der Waals surface area contributed by atoms with Crippen molar-refractivity contribution in [3.63, 3.8) is 0 Å². The molecule has 2 aromatic rings. The number of aliphatic carboxylic acids is 2. The van der Waals surface area contributed by atoms with E-state index in [1.165, 1.54) is 4.90 Å². The number of nitrogens with one attached hydrogen (secondary N) is 1. The molecule has 9 nitrogen and oxygen atoms in total. The van der Waals surface area contributed by atoms with Crippen LogP contribution in [0, 0.1) is 0 Å². The zero-order valence-electron chi connectivity index (χ0n) is 17.3. The van der Waals surface area contributed by atoms with Crippen LogP contribution in [0.3, 0.4) is 0 Å². The number of carboxylic acid groups (broad SMARTS) is 2. The van der Waals surface area contributed by atoms with E-state index in [2.05, 4.69) is 5.32 Å². The van der Waals surface area contributed by atoms with E-state index in [1.54, 1.807) is 36.4 Å². The molecule has 2 atom stereocenters. The van der Waals surface area contributed by atoms with Crippen LogP contribution in [0.25, 0.3) is 0 Å². The van der Waals surface area contributed by atoms with Crippen molar-refractivity contribution in [3.8, 4) is 0 Å². The molecule has 9 heteroatoms. The first kappa shape index (κ1) is 22.8. The van der Waals surface area contributed by atoms with Gasteiger partial charge in [-0.2, -0.15) is 0 Å². The lowest BCUT2D eigenvalue weighted by atomic mass is 9.95. The Morgan fingerprint density at radius 3 is 2.41 bits per heavy atom. The highest BCUT2D eigenvalue weighted by Crippen LogP contribution is 2.31. The molecule has 0 aromatic heterocycles. The minimum atomic E-state index is -1.36. The standard InChI is InChI=1S/C23H24N2O7/c26-20(25-18-9-5-4-8-16(18)10-12-19(25)22(29)30)13-11-17(21(27)28)24-23(31)32-14-15-6-2-1-3-7-15/h1-9,17,19H,10-14H2,(H,24,31)(H,27,28)(H,29,30)/t17-,19?/m1/s1. The predicted molar refractivity (Wildman–Crippen MR) is 114 cm³/mol. The molecule has 0 bridgehead atoms. The Labute approximate surface area is 184 Å². The van der Waals surface area contributed by atoms with Gasteiger partial charge in [-0.3, -0.25) is 9.69 Å². The molecule has 0 aliphatic carbocycles. The maximum atomic E-state index is 12.9. The van der Waals surface area contributed by atoms with Crippen molar-refractivity contribution < 1.29 is 34.1 Å². The molecule has 0 saturated carbocycles. The summed E-state index contributed by atoms with van der Waals surface area (Å²) in [4.78, 5) is 49.4. The number of amides is 2. The summed E-state index contributed by atoms with van der Waals surface area (Å²) >= 11 is 0. The topological polar surface area (TPSA) is 133 Å². The number of para-hydroxylation sites is 1. The number of hydrogen-bond donors (Lipinski definition) is 3. The summed E-state index contributed by atoms with van der Waals surface area (Å²) < 4.78 is 5.04. The summed E-state index contributed by atoms with van der Waals surface area (Å²) in [6.07, 6.45) is -0.581. The van der Waals surface area contributed by atoms with E-state index in [-0.39, 0.29) is 25.9 Å². The van der Waals surface area contributed by atoms with Gasteiger partial charge in [0.25, 0.3) is 0 Å². The second-order valence-corrected chi connectivity index (χ2v) is 7.42.